The molecule has 0 spiro atoms. The number of non-ortho nitro benzene ring substituents is 1. The molecule has 0 aliphatic carbocycles. The fourth-order valence-corrected chi connectivity index (χ4v) is 1.39. The van der Waals surface area contributed by atoms with E-state index in [0.717, 1.165) is 0 Å². The van der Waals surface area contributed by atoms with E-state index >= 15 is 0 Å². The van der Waals surface area contributed by atoms with Crippen molar-refractivity contribution in [2.45, 2.75) is 6.54 Å². The summed E-state index contributed by atoms with van der Waals surface area (Å²) >= 11 is 0. The van der Waals surface area contributed by atoms with E-state index in [2.05, 4.69) is 0 Å². The minimum absolute atomic E-state index is 0.0900. The molecule has 0 saturated carbocycles. The van der Waals surface area contributed by atoms with Crippen LogP contribution in [0.3, 0.4) is 0 Å². The van der Waals surface area contributed by atoms with Gasteiger partial charge in [0.15, 0.2) is 0 Å². The van der Waals surface area contributed by atoms with Gasteiger partial charge in [0.2, 0.25) is 0 Å². The highest BCUT2D eigenvalue weighted by atomic mass is 16.6. The number of aromatic hydroxyl groups is 1. The van der Waals surface area contributed by atoms with Gasteiger partial charge in [-0.05, 0) is 13.1 Å². The molecule has 1 aromatic carbocycles. The van der Waals surface area contributed by atoms with Crippen LogP contribution >= 0.6 is 0 Å². The molecule has 0 unspecified atom stereocenters. The lowest BCUT2D eigenvalue weighted by atomic mass is 10.1. The molecule has 2 N–H and O–H groups in total. The lowest BCUT2D eigenvalue weighted by Gasteiger charge is -2.14. The molecule has 0 aliphatic rings. The van der Waals surface area contributed by atoms with Crippen molar-refractivity contribution in [3.8, 4) is 5.75 Å². The zero-order valence-corrected chi connectivity index (χ0v) is 9.16. The second kappa shape index (κ2) is 5.26. The van der Waals surface area contributed by atoms with Gasteiger partial charge >= 0.3 is 5.97 Å². The van der Waals surface area contributed by atoms with E-state index in [0.29, 0.717) is 5.56 Å². The number of aliphatic carboxylic acids is 1. The molecular weight excluding hydrogens is 228 g/mol. The maximum Gasteiger partial charge on any atom is 0.317 e. The molecule has 0 aromatic heterocycles. The second-order valence-electron chi connectivity index (χ2n) is 3.64. The average Bonchev–Trinajstić information content (AvgIpc) is 2.19. The number of phenolic OH excluding ortho intramolecular Hbond substituents is 1. The predicted molar refractivity (Wildman–Crippen MR) is 58.7 cm³/mol. The molecule has 0 fully saturated rings. The van der Waals surface area contributed by atoms with E-state index in [-0.39, 0.29) is 24.5 Å². The van der Waals surface area contributed by atoms with Gasteiger partial charge < -0.3 is 10.2 Å². The van der Waals surface area contributed by atoms with Crippen LogP contribution < -0.4 is 0 Å². The number of nitro benzene ring substituents is 1. The number of nitrogens with zero attached hydrogens (tertiary/aromatic N) is 2. The highest BCUT2D eigenvalue weighted by Gasteiger charge is 2.13. The van der Waals surface area contributed by atoms with Crippen LogP contribution in [-0.2, 0) is 11.3 Å². The third-order valence-corrected chi connectivity index (χ3v) is 2.12. The van der Waals surface area contributed by atoms with Crippen molar-refractivity contribution in [2.75, 3.05) is 13.6 Å². The maximum atomic E-state index is 10.5. The van der Waals surface area contributed by atoms with E-state index < -0.39 is 10.9 Å². The third-order valence-electron chi connectivity index (χ3n) is 2.12. The van der Waals surface area contributed by atoms with Crippen LogP contribution in [0.1, 0.15) is 5.56 Å². The summed E-state index contributed by atoms with van der Waals surface area (Å²) in [5.41, 5.74) is 0.185. The first-order valence-electron chi connectivity index (χ1n) is 4.76. The molecule has 1 aromatic rings. The summed E-state index contributed by atoms with van der Waals surface area (Å²) in [6.07, 6.45) is 0. The maximum absolute atomic E-state index is 10.5. The molecular formula is C10H12N2O5. The largest absolute Gasteiger partial charge is 0.508 e. The monoisotopic (exact) mass is 240 g/mol. The SMILES string of the molecule is CN(CC(=O)O)Cc1cc([N+](=O)[O-])ccc1O. The average molecular weight is 240 g/mol. The van der Waals surface area contributed by atoms with Crippen LogP contribution in [0.15, 0.2) is 18.2 Å². The van der Waals surface area contributed by atoms with Crippen LogP contribution in [-0.4, -0.2) is 39.6 Å². The van der Waals surface area contributed by atoms with Gasteiger partial charge in [-0.2, -0.15) is 0 Å². The summed E-state index contributed by atoms with van der Waals surface area (Å²) in [6.45, 7) is -0.0814. The van der Waals surface area contributed by atoms with Crippen molar-refractivity contribution in [3.05, 3.63) is 33.9 Å². The molecule has 7 nitrogen and oxygen atoms in total. The number of phenols is 1. The Kier molecular flexibility index (Phi) is 4.00. The third kappa shape index (κ3) is 3.72. The number of rotatable bonds is 5. The minimum atomic E-state index is -1.00. The predicted octanol–water partition coefficient (Wildman–Crippen LogP) is 0.817. The summed E-state index contributed by atoms with van der Waals surface area (Å²) in [5.74, 6) is -1.09. The number of benzene rings is 1. The Morgan fingerprint density at radius 1 is 1.53 bits per heavy atom. The zero-order valence-electron chi connectivity index (χ0n) is 9.16. The normalized spacial score (nSPS) is 10.5. The van der Waals surface area contributed by atoms with Crippen LogP contribution in [0, 0.1) is 10.1 Å². The molecule has 0 saturated heterocycles. The lowest BCUT2D eigenvalue weighted by molar-refractivity contribution is -0.385. The van der Waals surface area contributed by atoms with Crippen LogP contribution in [0.5, 0.6) is 5.75 Å². The number of nitro groups is 1. The van der Waals surface area contributed by atoms with Gasteiger partial charge in [-0.3, -0.25) is 19.8 Å². The van der Waals surface area contributed by atoms with Crippen molar-refractivity contribution in [3.63, 3.8) is 0 Å². The molecule has 1 rings (SSSR count). The van der Waals surface area contributed by atoms with Gasteiger partial charge in [-0.1, -0.05) is 0 Å². The van der Waals surface area contributed by atoms with Crippen LogP contribution in [0.4, 0.5) is 5.69 Å². The van der Waals surface area contributed by atoms with Gasteiger partial charge in [-0.25, -0.2) is 0 Å². The van der Waals surface area contributed by atoms with Crippen molar-refractivity contribution in [2.24, 2.45) is 0 Å². The Bertz CT molecular complexity index is 446. The Labute approximate surface area is 97.1 Å². The van der Waals surface area contributed by atoms with Crippen LogP contribution in [0.2, 0.25) is 0 Å². The first-order valence-corrected chi connectivity index (χ1v) is 4.76. The smallest absolute Gasteiger partial charge is 0.317 e. The molecule has 0 bridgehead atoms. The first kappa shape index (κ1) is 12.9. The van der Waals surface area contributed by atoms with Crippen molar-refractivity contribution < 1.29 is 19.9 Å². The second-order valence-corrected chi connectivity index (χ2v) is 3.64. The molecule has 0 radical (unpaired) electrons. The first-order chi connectivity index (χ1) is 7.90. The fourth-order valence-electron chi connectivity index (χ4n) is 1.39. The quantitative estimate of drug-likeness (QED) is 0.583. The summed E-state index contributed by atoms with van der Waals surface area (Å²) in [5, 5.41) is 28.6. The Morgan fingerprint density at radius 2 is 2.18 bits per heavy atom. The fraction of sp³-hybridized carbons (Fsp3) is 0.300. The topological polar surface area (TPSA) is 104 Å². The van der Waals surface area contributed by atoms with E-state index in [4.69, 9.17) is 5.11 Å². The molecule has 0 amide bonds. The molecule has 0 aliphatic heterocycles. The number of likely N-dealkylation sites (N-methyl/N-ethyl adjacent to an activating group) is 1. The summed E-state index contributed by atoms with van der Waals surface area (Å²) in [6, 6.07) is 3.64. The molecule has 0 heterocycles. The summed E-state index contributed by atoms with van der Waals surface area (Å²) in [4.78, 5) is 21.9. The van der Waals surface area contributed by atoms with E-state index in [1.165, 1.54) is 23.1 Å². The van der Waals surface area contributed by atoms with E-state index in [1.54, 1.807) is 7.05 Å². The molecule has 17 heavy (non-hydrogen) atoms. The Hall–Kier alpha value is -2.15. The van der Waals surface area contributed by atoms with Gasteiger partial charge in [0.1, 0.15) is 5.75 Å². The van der Waals surface area contributed by atoms with Crippen molar-refractivity contribution in [1.29, 1.82) is 0 Å². The number of carboxylic acid groups (broad SMARTS) is 1. The molecule has 0 atom stereocenters. The van der Waals surface area contributed by atoms with Gasteiger partial charge in [0, 0.05) is 24.2 Å². The highest BCUT2D eigenvalue weighted by molar-refractivity contribution is 5.69. The van der Waals surface area contributed by atoms with Crippen LogP contribution in [0.25, 0.3) is 0 Å². The van der Waals surface area contributed by atoms with E-state index in [9.17, 15) is 20.0 Å². The van der Waals surface area contributed by atoms with Crippen molar-refractivity contribution in [1.82, 2.24) is 4.90 Å². The number of carbonyl (C=O) groups is 1. The van der Waals surface area contributed by atoms with Gasteiger partial charge in [0.05, 0.1) is 11.5 Å². The summed E-state index contributed by atoms with van der Waals surface area (Å²) in [7, 11) is 1.55. The number of hydrogen-bond donors (Lipinski definition) is 2. The van der Waals surface area contributed by atoms with Crippen molar-refractivity contribution >= 4 is 11.7 Å². The lowest BCUT2D eigenvalue weighted by Crippen LogP contribution is -2.25. The minimum Gasteiger partial charge on any atom is -0.508 e. The van der Waals surface area contributed by atoms with E-state index in [1.807, 2.05) is 0 Å². The number of carboxylic acids is 1. The highest BCUT2D eigenvalue weighted by Crippen LogP contribution is 2.23. The molecule has 92 valence electrons. The molecule has 7 heteroatoms. The van der Waals surface area contributed by atoms with Gasteiger partial charge in [0.25, 0.3) is 5.69 Å². The summed E-state index contributed by atoms with van der Waals surface area (Å²) < 4.78 is 0. The number of hydrogen-bond acceptors (Lipinski definition) is 5. The Morgan fingerprint density at radius 3 is 2.71 bits per heavy atom. The Balaban J connectivity index is 2.86. The standard InChI is InChI=1S/C10H12N2O5/c1-11(6-10(14)15)5-7-4-8(12(16)17)2-3-9(7)13/h2-4,13H,5-6H2,1H3,(H,14,15). The zero-order chi connectivity index (χ0) is 13.0. The van der Waals surface area contributed by atoms with Gasteiger partial charge in [-0.15, -0.1) is 0 Å².